The highest BCUT2D eigenvalue weighted by molar-refractivity contribution is 7.90. The van der Waals surface area contributed by atoms with E-state index < -0.39 is 27.0 Å². The van der Waals surface area contributed by atoms with Gasteiger partial charge in [0, 0.05) is 20.6 Å². The van der Waals surface area contributed by atoms with Crippen LogP contribution < -0.4 is 16.6 Å². The largest absolute Gasteiger partial charge is 0.350 e. The molecule has 3 aromatic rings. The number of fused-ring (bicyclic) bond motifs is 1. The van der Waals surface area contributed by atoms with E-state index in [0.29, 0.717) is 5.56 Å². The maximum Gasteiger partial charge on any atom is 0.332 e. The van der Waals surface area contributed by atoms with E-state index >= 15 is 0 Å². The van der Waals surface area contributed by atoms with E-state index in [1.54, 1.807) is 30.3 Å². The van der Waals surface area contributed by atoms with Crippen molar-refractivity contribution in [3.63, 3.8) is 0 Å². The Balaban J connectivity index is 1.72. The summed E-state index contributed by atoms with van der Waals surface area (Å²) in [6, 6.07) is 11.6. The standard InChI is InChI=1S/C19H20N4O5S/c1-22-16-14(18(25)23(2)19(22)26)8-9-15(21-16)17(24)20-10-11-29(27,28)12-13-6-4-3-5-7-13/h3-9H,10-12H2,1-2H3,(H,20,24). The van der Waals surface area contributed by atoms with Crippen molar-refractivity contribution in [3.05, 3.63) is 74.6 Å². The summed E-state index contributed by atoms with van der Waals surface area (Å²) in [6.45, 7) is -0.0802. The normalized spacial score (nSPS) is 11.5. The minimum atomic E-state index is -3.39. The molecule has 10 heteroatoms. The summed E-state index contributed by atoms with van der Waals surface area (Å²) in [5.74, 6) is -0.918. The monoisotopic (exact) mass is 416 g/mol. The average molecular weight is 416 g/mol. The number of benzene rings is 1. The lowest BCUT2D eigenvalue weighted by molar-refractivity contribution is 0.0951. The Labute approximate surface area is 166 Å². The van der Waals surface area contributed by atoms with Gasteiger partial charge in [0.1, 0.15) is 11.3 Å². The smallest absolute Gasteiger partial charge is 0.332 e. The van der Waals surface area contributed by atoms with Crippen LogP contribution in [0.25, 0.3) is 11.0 Å². The number of nitrogens with zero attached hydrogens (tertiary/aromatic N) is 3. The molecule has 0 saturated heterocycles. The molecule has 152 valence electrons. The Kier molecular flexibility index (Phi) is 5.64. The van der Waals surface area contributed by atoms with E-state index in [9.17, 15) is 22.8 Å². The molecule has 0 saturated carbocycles. The van der Waals surface area contributed by atoms with Crippen LogP contribution in [0.2, 0.25) is 0 Å². The number of aryl methyl sites for hydroxylation is 1. The molecule has 1 amide bonds. The minimum Gasteiger partial charge on any atom is -0.350 e. The van der Waals surface area contributed by atoms with Crippen molar-refractivity contribution >= 4 is 26.8 Å². The second-order valence-corrected chi connectivity index (χ2v) is 8.79. The molecule has 3 rings (SSSR count). The van der Waals surface area contributed by atoms with Crippen LogP contribution in [0, 0.1) is 0 Å². The SMILES string of the molecule is Cn1c(=O)c2ccc(C(=O)NCCS(=O)(=O)Cc3ccccc3)nc2n(C)c1=O. The van der Waals surface area contributed by atoms with E-state index in [4.69, 9.17) is 0 Å². The summed E-state index contributed by atoms with van der Waals surface area (Å²) in [7, 11) is -0.579. The van der Waals surface area contributed by atoms with E-state index in [-0.39, 0.29) is 34.8 Å². The van der Waals surface area contributed by atoms with E-state index in [1.165, 1.54) is 30.8 Å². The van der Waals surface area contributed by atoms with Gasteiger partial charge in [0.25, 0.3) is 11.5 Å². The van der Waals surface area contributed by atoms with E-state index in [0.717, 1.165) is 4.57 Å². The lowest BCUT2D eigenvalue weighted by atomic mass is 10.2. The molecule has 0 aliphatic rings. The molecule has 0 aliphatic carbocycles. The molecular weight excluding hydrogens is 396 g/mol. The predicted octanol–water partition coefficient (Wildman–Crippen LogP) is -0.0230. The number of rotatable bonds is 6. The third-order valence-corrected chi connectivity index (χ3v) is 6.06. The molecule has 0 aliphatic heterocycles. The first-order valence-electron chi connectivity index (χ1n) is 8.79. The summed E-state index contributed by atoms with van der Waals surface area (Å²) in [5.41, 5.74) is -0.310. The van der Waals surface area contributed by atoms with Crippen LogP contribution in [-0.2, 0) is 29.7 Å². The Morgan fingerprint density at radius 3 is 2.41 bits per heavy atom. The van der Waals surface area contributed by atoms with Crippen molar-refractivity contribution < 1.29 is 13.2 Å². The average Bonchev–Trinajstić information content (AvgIpc) is 2.70. The molecule has 0 radical (unpaired) electrons. The first kappa shape index (κ1) is 20.5. The fourth-order valence-corrected chi connectivity index (χ4v) is 4.15. The van der Waals surface area contributed by atoms with Crippen LogP contribution >= 0.6 is 0 Å². The van der Waals surface area contributed by atoms with Crippen molar-refractivity contribution in [3.8, 4) is 0 Å². The van der Waals surface area contributed by atoms with Crippen LogP contribution in [0.4, 0.5) is 0 Å². The highest BCUT2D eigenvalue weighted by atomic mass is 32.2. The van der Waals surface area contributed by atoms with Crippen molar-refractivity contribution in [2.24, 2.45) is 14.1 Å². The van der Waals surface area contributed by atoms with Gasteiger partial charge in [0.05, 0.1) is 16.9 Å². The topological polar surface area (TPSA) is 120 Å². The van der Waals surface area contributed by atoms with Crippen LogP contribution in [-0.4, -0.2) is 40.7 Å². The van der Waals surface area contributed by atoms with Crippen LogP contribution in [0.1, 0.15) is 16.1 Å². The third-order valence-electron chi connectivity index (χ3n) is 4.46. The lowest BCUT2D eigenvalue weighted by Gasteiger charge is -2.09. The summed E-state index contributed by atoms with van der Waals surface area (Å²) >= 11 is 0. The maximum atomic E-state index is 12.3. The summed E-state index contributed by atoms with van der Waals surface area (Å²) in [4.78, 5) is 40.6. The Hall–Kier alpha value is -3.27. The molecule has 1 N–H and O–H groups in total. The van der Waals surface area contributed by atoms with Crippen LogP contribution in [0.5, 0.6) is 0 Å². The number of hydrogen-bond acceptors (Lipinski definition) is 6. The number of nitrogens with one attached hydrogen (secondary N) is 1. The molecule has 2 heterocycles. The zero-order valence-corrected chi connectivity index (χ0v) is 16.8. The van der Waals surface area contributed by atoms with Crippen LogP contribution in [0.15, 0.2) is 52.1 Å². The molecule has 9 nitrogen and oxygen atoms in total. The predicted molar refractivity (Wildman–Crippen MR) is 108 cm³/mol. The molecule has 0 bridgehead atoms. The number of amides is 1. The third kappa shape index (κ3) is 4.43. The van der Waals surface area contributed by atoms with Crippen molar-refractivity contribution in [1.82, 2.24) is 19.4 Å². The molecule has 2 aromatic heterocycles. The van der Waals surface area contributed by atoms with Gasteiger partial charge < -0.3 is 5.32 Å². The Morgan fingerprint density at radius 2 is 1.72 bits per heavy atom. The van der Waals surface area contributed by atoms with Gasteiger partial charge >= 0.3 is 5.69 Å². The zero-order valence-electron chi connectivity index (χ0n) is 16.0. The first-order valence-corrected chi connectivity index (χ1v) is 10.6. The highest BCUT2D eigenvalue weighted by Crippen LogP contribution is 2.07. The van der Waals surface area contributed by atoms with Crippen LogP contribution in [0.3, 0.4) is 0 Å². The fraction of sp³-hybridized carbons (Fsp3) is 0.263. The van der Waals surface area contributed by atoms with Gasteiger partial charge in [-0.05, 0) is 17.7 Å². The van der Waals surface area contributed by atoms with Gasteiger partial charge in [-0.2, -0.15) is 0 Å². The summed E-state index contributed by atoms with van der Waals surface area (Å²) in [5, 5.41) is 2.72. The summed E-state index contributed by atoms with van der Waals surface area (Å²) in [6.07, 6.45) is 0. The quantitative estimate of drug-likeness (QED) is 0.603. The van der Waals surface area contributed by atoms with Gasteiger partial charge in [0.15, 0.2) is 9.84 Å². The molecular formula is C19H20N4O5S. The fourth-order valence-electron chi connectivity index (χ4n) is 2.89. The zero-order chi connectivity index (χ0) is 21.2. The van der Waals surface area contributed by atoms with Crippen molar-refractivity contribution in [1.29, 1.82) is 0 Å². The minimum absolute atomic E-state index is 0.0128. The van der Waals surface area contributed by atoms with Gasteiger partial charge in [-0.1, -0.05) is 30.3 Å². The van der Waals surface area contributed by atoms with Gasteiger partial charge in [-0.15, -0.1) is 0 Å². The number of sulfone groups is 1. The highest BCUT2D eigenvalue weighted by Gasteiger charge is 2.16. The van der Waals surface area contributed by atoms with Gasteiger partial charge in [-0.25, -0.2) is 18.2 Å². The number of hydrogen-bond donors (Lipinski definition) is 1. The van der Waals surface area contributed by atoms with Crippen molar-refractivity contribution in [2.75, 3.05) is 12.3 Å². The molecule has 0 spiro atoms. The van der Waals surface area contributed by atoms with Crippen molar-refractivity contribution in [2.45, 2.75) is 5.75 Å². The molecule has 0 atom stereocenters. The lowest BCUT2D eigenvalue weighted by Crippen LogP contribution is -2.37. The van der Waals surface area contributed by atoms with Gasteiger partial charge in [0.2, 0.25) is 0 Å². The maximum absolute atomic E-state index is 12.3. The first-order chi connectivity index (χ1) is 13.7. The number of carbonyl (C=O) groups excluding carboxylic acids is 1. The molecule has 0 unspecified atom stereocenters. The molecule has 29 heavy (non-hydrogen) atoms. The second-order valence-electron chi connectivity index (χ2n) is 6.61. The number of carbonyl (C=O) groups is 1. The Bertz CT molecular complexity index is 1290. The molecule has 0 fully saturated rings. The van der Waals surface area contributed by atoms with E-state index in [2.05, 4.69) is 10.3 Å². The molecule has 1 aromatic carbocycles. The summed E-state index contributed by atoms with van der Waals surface area (Å²) < 4.78 is 26.5. The Morgan fingerprint density at radius 1 is 1.03 bits per heavy atom. The number of pyridine rings is 1. The second kappa shape index (κ2) is 8.00. The van der Waals surface area contributed by atoms with E-state index in [1.807, 2.05) is 0 Å². The number of aromatic nitrogens is 3. The van der Waals surface area contributed by atoms with Gasteiger partial charge in [-0.3, -0.25) is 18.7 Å².